The highest BCUT2D eigenvalue weighted by molar-refractivity contribution is 8.23. The average molecular weight is 431 g/mol. The molecule has 2 heterocycles. The molecule has 0 fully saturated rings. The first-order chi connectivity index (χ1) is 12.6. The number of hydrogen-bond acceptors (Lipinski definition) is 8. The summed E-state index contributed by atoms with van der Waals surface area (Å²) in [5.74, 6) is -0.752. The fourth-order valence-corrected chi connectivity index (χ4v) is 7.31. The number of esters is 2. The Bertz CT molecular complexity index is 548. The van der Waals surface area contributed by atoms with Crippen LogP contribution in [0.25, 0.3) is 0 Å². The zero-order valence-corrected chi connectivity index (χ0v) is 17.7. The van der Waals surface area contributed by atoms with Crippen LogP contribution < -0.4 is 0 Å². The summed E-state index contributed by atoms with van der Waals surface area (Å²) in [5.41, 5.74) is 0. The highest BCUT2D eigenvalue weighted by Crippen LogP contribution is 2.44. The molecule has 0 saturated heterocycles. The molecule has 0 aromatic heterocycles. The van der Waals surface area contributed by atoms with Gasteiger partial charge < -0.3 is 9.47 Å². The minimum atomic E-state index is -0.376. The molecular formula is C18H22O4S4. The van der Waals surface area contributed by atoms with Crippen molar-refractivity contribution in [1.29, 1.82) is 0 Å². The molecule has 26 heavy (non-hydrogen) atoms. The van der Waals surface area contributed by atoms with Crippen LogP contribution >= 0.6 is 47.0 Å². The molecule has 0 aromatic rings. The molecular weight excluding hydrogens is 408 g/mol. The van der Waals surface area contributed by atoms with Crippen LogP contribution in [0.2, 0.25) is 0 Å². The van der Waals surface area contributed by atoms with Gasteiger partial charge in [0.15, 0.2) is 0 Å². The first kappa shape index (κ1) is 21.6. The fraction of sp³-hybridized carbons (Fsp3) is 0.444. The van der Waals surface area contributed by atoms with Crippen molar-refractivity contribution in [1.82, 2.24) is 0 Å². The smallest absolute Gasteiger partial charge is 0.330 e. The second kappa shape index (κ2) is 11.9. The summed E-state index contributed by atoms with van der Waals surface area (Å²) in [6, 6.07) is 0. The topological polar surface area (TPSA) is 52.6 Å². The van der Waals surface area contributed by atoms with E-state index in [0.29, 0.717) is 22.4 Å². The molecule has 0 aliphatic carbocycles. The van der Waals surface area contributed by atoms with Gasteiger partial charge in [-0.25, -0.2) is 9.59 Å². The van der Waals surface area contributed by atoms with E-state index in [1.165, 1.54) is 25.0 Å². The third-order valence-electron chi connectivity index (χ3n) is 3.44. The predicted molar refractivity (Wildman–Crippen MR) is 115 cm³/mol. The molecule has 2 atom stereocenters. The van der Waals surface area contributed by atoms with Crippen LogP contribution in [-0.2, 0) is 19.1 Å². The van der Waals surface area contributed by atoms with Gasteiger partial charge in [-0.2, -0.15) is 0 Å². The Morgan fingerprint density at radius 3 is 1.69 bits per heavy atom. The van der Waals surface area contributed by atoms with Gasteiger partial charge in [0.05, 0.1) is 9.16 Å². The van der Waals surface area contributed by atoms with E-state index >= 15 is 0 Å². The number of carbonyl (C=O) groups excluding carboxylic acids is 2. The van der Waals surface area contributed by atoms with Crippen LogP contribution in [0, 0.1) is 0 Å². The van der Waals surface area contributed by atoms with Gasteiger partial charge in [-0.05, 0) is 23.7 Å². The Balaban J connectivity index is 1.50. The minimum Gasteiger partial charge on any atom is -0.457 e. The summed E-state index contributed by atoms with van der Waals surface area (Å²) in [6.45, 7) is 7.47. The van der Waals surface area contributed by atoms with Gasteiger partial charge in [0, 0.05) is 22.0 Å². The lowest BCUT2D eigenvalue weighted by molar-refractivity contribution is -0.137. The first-order valence-corrected chi connectivity index (χ1v) is 11.9. The maximum atomic E-state index is 11.1. The van der Waals surface area contributed by atoms with Gasteiger partial charge >= 0.3 is 11.9 Å². The fourth-order valence-electron chi connectivity index (χ4n) is 2.17. The van der Waals surface area contributed by atoms with E-state index in [0.717, 1.165) is 22.7 Å². The molecule has 0 aromatic carbocycles. The zero-order chi connectivity index (χ0) is 18.8. The third-order valence-corrected chi connectivity index (χ3v) is 8.98. The molecule has 8 heteroatoms. The van der Waals surface area contributed by atoms with Crippen molar-refractivity contribution in [2.24, 2.45) is 0 Å². The molecule has 0 spiro atoms. The standard InChI is InChI=1S/C18H22O4S4/c1-3-15(19)21-9-13-11-23-17(25-13)7-5-6-8-18-24-12-14(26-18)10-22-16(20)4-2/h3-4,11-12,17-18H,1-2,5-10H2. The molecule has 0 radical (unpaired) electrons. The van der Waals surface area contributed by atoms with E-state index in [4.69, 9.17) is 9.47 Å². The molecule has 0 bridgehead atoms. The predicted octanol–water partition coefficient (Wildman–Crippen LogP) is 5.30. The number of hydrogen-bond donors (Lipinski definition) is 0. The number of thioether (sulfide) groups is 4. The van der Waals surface area contributed by atoms with Crippen LogP contribution in [-0.4, -0.2) is 34.3 Å². The lowest BCUT2D eigenvalue weighted by Crippen LogP contribution is -2.03. The normalized spacial score (nSPS) is 21.7. The summed E-state index contributed by atoms with van der Waals surface area (Å²) in [4.78, 5) is 24.4. The molecule has 0 saturated carbocycles. The molecule has 2 aliphatic rings. The summed E-state index contributed by atoms with van der Waals surface area (Å²) in [7, 11) is 0. The third kappa shape index (κ3) is 7.90. The van der Waals surface area contributed by atoms with E-state index in [9.17, 15) is 9.59 Å². The molecule has 0 amide bonds. The Morgan fingerprint density at radius 2 is 1.31 bits per heavy atom. The monoisotopic (exact) mass is 430 g/mol. The van der Waals surface area contributed by atoms with Crippen LogP contribution in [0.1, 0.15) is 25.7 Å². The van der Waals surface area contributed by atoms with Crippen molar-refractivity contribution in [3.8, 4) is 0 Å². The van der Waals surface area contributed by atoms with E-state index < -0.39 is 0 Å². The number of carbonyl (C=O) groups is 2. The van der Waals surface area contributed by atoms with E-state index in [1.54, 1.807) is 23.5 Å². The second-order valence-corrected chi connectivity index (χ2v) is 10.9. The molecule has 2 unspecified atom stereocenters. The molecule has 0 N–H and O–H groups in total. The van der Waals surface area contributed by atoms with Gasteiger partial charge in [0.25, 0.3) is 0 Å². The summed E-state index contributed by atoms with van der Waals surface area (Å²) < 4.78 is 11.2. The average Bonchev–Trinajstić information content (AvgIpc) is 3.30. The molecule has 4 nitrogen and oxygen atoms in total. The van der Waals surface area contributed by atoms with Crippen molar-refractivity contribution in [2.45, 2.75) is 34.8 Å². The summed E-state index contributed by atoms with van der Waals surface area (Å²) >= 11 is 7.21. The zero-order valence-electron chi connectivity index (χ0n) is 14.4. The number of unbranched alkanes of at least 4 members (excludes halogenated alkanes) is 1. The van der Waals surface area contributed by atoms with Crippen molar-refractivity contribution in [3.63, 3.8) is 0 Å². The van der Waals surface area contributed by atoms with Crippen molar-refractivity contribution in [3.05, 3.63) is 45.9 Å². The van der Waals surface area contributed by atoms with Crippen LogP contribution in [0.5, 0.6) is 0 Å². The Labute approximate surface area is 171 Å². The molecule has 142 valence electrons. The Hall–Kier alpha value is -0.700. The minimum absolute atomic E-state index is 0.346. The van der Waals surface area contributed by atoms with Crippen LogP contribution in [0.15, 0.2) is 45.9 Å². The van der Waals surface area contributed by atoms with E-state index in [2.05, 4.69) is 24.0 Å². The Morgan fingerprint density at radius 1 is 0.885 bits per heavy atom. The maximum Gasteiger partial charge on any atom is 0.330 e. The molecule has 2 rings (SSSR count). The maximum absolute atomic E-state index is 11.1. The highest BCUT2D eigenvalue weighted by Gasteiger charge is 2.21. The first-order valence-electron chi connectivity index (χ1n) is 8.21. The molecule has 2 aliphatic heterocycles. The van der Waals surface area contributed by atoms with Gasteiger partial charge in [-0.1, -0.05) is 26.0 Å². The number of rotatable bonds is 11. The van der Waals surface area contributed by atoms with Gasteiger partial charge in [0.1, 0.15) is 13.2 Å². The quantitative estimate of drug-likeness (QED) is 0.249. The van der Waals surface area contributed by atoms with E-state index in [-0.39, 0.29) is 11.9 Å². The van der Waals surface area contributed by atoms with Gasteiger partial charge in [0.2, 0.25) is 0 Å². The second-order valence-electron chi connectivity index (χ2n) is 5.44. The van der Waals surface area contributed by atoms with Gasteiger partial charge in [-0.15, -0.1) is 47.0 Å². The van der Waals surface area contributed by atoms with Crippen molar-refractivity contribution >= 4 is 59.0 Å². The summed E-state index contributed by atoms with van der Waals surface area (Å²) in [6.07, 6.45) is 7.02. The number of ether oxygens (including phenoxy) is 2. The van der Waals surface area contributed by atoms with Crippen LogP contribution in [0.4, 0.5) is 0 Å². The summed E-state index contributed by atoms with van der Waals surface area (Å²) in [5, 5.41) is 4.18. The van der Waals surface area contributed by atoms with Gasteiger partial charge in [-0.3, -0.25) is 0 Å². The Kier molecular flexibility index (Phi) is 9.88. The van der Waals surface area contributed by atoms with Crippen molar-refractivity contribution in [2.75, 3.05) is 13.2 Å². The van der Waals surface area contributed by atoms with Crippen molar-refractivity contribution < 1.29 is 19.1 Å². The van der Waals surface area contributed by atoms with E-state index in [1.807, 2.05) is 23.5 Å². The largest absolute Gasteiger partial charge is 0.457 e. The lowest BCUT2D eigenvalue weighted by Gasteiger charge is -2.11. The highest BCUT2D eigenvalue weighted by atomic mass is 32.2. The van der Waals surface area contributed by atoms with Crippen LogP contribution in [0.3, 0.4) is 0 Å². The lowest BCUT2D eigenvalue weighted by atomic mass is 10.2. The SMILES string of the molecule is C=CC(=O)OCC1=CSC(CCCCC2SC=C(COC(=O)C=C)S2)S1.